The van der Waals surface area contributed by atoms with E-state index in [-0.39, 0.29) is 17.6 Å². The van der Waals surface area contributed by atoms with E-state index in [9.17, 15) is 14.7 Å². The number of benzene rings is 2. The lowest BCUT2D eigenvalue weighted by Gasteiger charge is -2.20. The van der Waals surface area contributed by atoms with Crippen LogP contribution in [0.2, 0.25) is 5.02 Å². The first-order chi connectivity index (χ1) is 13.8. The van der Waals surface area contributed by atoms with E-state index < -0.39 is 11.9 Å². The predicted molar refractivity (Wildman–Crippen MR) is 113 cm³/mol. The molecule has 2 aromatic rings. The van der Waals surface area contributed by atoms with Gasteiger partial charge in [0.05, 0.1) is 12.8 Å². The van der Waals surface area contributed by atoms with Gasteiger partial charge in [0.15, 0.2) is 11.5 Å². The molecule has 7 nitrogen and oxygen atoms in total. The number of phenolic OH excluding ortho intramolecular Hbond substituents is 1. The number of ether oxygens (including phenoxy) is 1. The molecule has 0 saturated heterocycles. The second kappa shape index (κ2) is 10.5. The smallest absolute Gasteiger partial charge is 0.262 e. The minimum absolute atomic E-state index is 0.0258. The van der Waals surface area contributed by atoms with Crippen LogP contribution in [0, 0.1) is 5.92 Å². The van der Waals surface area contributed by atoms with Gasteiger partial charge in [0.1, 0.15) is 6.04 Å². The van der Waals surface area contributed by atoms with Crippen molar-refractivity contribution in [2.24, 2.45) is 11.0 Å². The Morgan fingerprint density at radius 1 is 1.21 bits per heavy atom. The number of nitrogens with zero attached hydrogens (tertiary/aromatic N) is 1. The number of rotatable bonds is 8. The molecule has 0 heterocycles. The van der Waals surface area contributed by atoms with Crippen LogP contribution in [0.25, 0.3) is 0 Å². The minimum Gasteiger partial charge on any atom is -0.504 e. The Labute approximate surface area is 174 Å². The predicted octanol–water partition coefficient (Wildman–Crippen LogP) is 3.35. The van der Waals surface area contributed by atoms with Crippen molar-refractivity contribution in [2.75, 3.05) is 6.61 Å². The Bertz CT molecular complexity index is 882. The standard InChI is InChI=1S/C21H24ClN3O4/c1-4-29-18-11-14(5-10-17(18)26)12-23-25-21(28)19(13(2)3)24-20(27)15-6-8-16(22)9-7-15/h5-13,19,26H,4H2,1-3H3,(H,24,27)(H,25,28). The second-order valence-electron chi connectivity index (χ2n) is 6.60. The van der Waals surface area contributed by atoms with Gasteiger partial charge in [-0.25, -0.2) is 5.43 Å². The second-order valence-corrected chi connectivity index (χ2v) is 7.03. The fourth-order valence-corrected chi connectivity index (χ4v) is 2.61. The Kier molecular flexibility index (Phi) is 8.03. The summed E-state index contributed by atoms with van der Waals surface area (Å²) < 4.78 is 5.31. The summed E-state index contributed by atoms with van der Waals surface area (Å²) in [7, 11) is 0. The average molecular weight is 418 g/mol. The molecule has 0 radical (unpaired) electrons. The van der Waals surface area contributed by atoms with E-state index in [1.54, 1.807) is 36.4 Å². The van der Waals surface area contributed by atoms with Crippen LogP contribution >= 0.6 is 11.6 Å². The van der Waals surface area contributed by atoms with E-state index >= 15 is 0 Å². The molecular formula is C21H24ClN3O4. The van der Waals surface area contributed by atoms with Crippen LogP contribution in [0.3, 0.4) is 0 Å². The Morgan fingerprint density at radius 2 is 1.90 bits per heavy atom. The highest BCUT2D eigenvalue weighted by atomic mass is 35.5. The van der Waals surface area contributed by atoms with Crippen LogP contribution < -0.4 is 15.5 Å². The monoisotopic (exact) mass is 417 g/mol. The number of carbonyl (C=O) groups excluding carboxylic acids is 2. The number of hydrogen-bond donors (Lipinski definition) is 3. The van der Waals surface area contributed by atoms with Gasteiger partial charge in [0.25, 0.3) is 11.8 Å². The third kappa shape index (κ3) is 6.50. The van der Waals surface area contributed by atoms with Crippen molar-refractivity contribution in [2.45, 2.75) is 26.8 Å². The molecule has 29 heavy (non-hydrogen) atoms. The van der Waals surface area contributed by atoms with Gasteiger partial charge in [-0.2, -0.15) is 5.10 Å². The van der Waals surface area contributed by atoms with Crippen molar-refractivity contribution in [3.8, 4) is 11.5 Å². The summed E-state index contributed by atoms with van der Waals surface area (Å²) in [6, 6.07) is 10.4. The van der Waals surface area contributed by atoms with Gasteiger partial charge >= 0.3 is 0 Å². The summed E-state index contributed by atoms with van der Waals surface area (Å²) in [5, 5.41) is 16.9. The quantitative estimate of drug-likeness (QED) is 0.453. The Morgan fingerprint density at radius 3 is 2.52 bits per heavy atom. The first kappa shape index (κ1) is 22.2. The molecule has 3 N–H and O–H groups in total. The van der Waals surface area contributed by atoms with Gasteiger partial charge in [-0.3, -0.25) is 9.59 Å². The molecule has 1 atom stereocenters. The van der Waals surface area contributed by atoms with Gasteiger partial charge in [0.2, 0.25) is 0 Å². The molecule has 0 aliphatic rings. The number of aromatic hydroxyl groups is 1. The molecule has 0 aliphatic carbocycles. The zero-order valence-electron chi connectivity index (χ0n) is 16.5. The third-order valence-corrected chi connectivity index (χ3v) is 4.27. The lowest BCUT2D eigenvalue weighted by atomic mass is 10.0. The summed E-state index contributed by atoms with van der Waals surface area (Å²) in [5.41, 5.74) is 3.48. The van der Waals surface area contributed by atoms with Crippen molar-refractivity contribution in [1.29, 1.82) is 0 Å². The molecular weight excluding hydrogens is 394 g/mol. The van der Waals surface area contributed by atoms with E-state index in [2.05, 4.69) is 15.8 Å². The van der Waals surface area contributed by atoms with Crippen molar-refractivity contribution < 1.29 is 19.4 Å². The van der Waals surface area contributed by atoms with Crippen molar-refractivity contribution in [1.82, 2.24) is 10.7 Å². The highest BCUT2D eigenvalue weighted by Crippen LogP contribution is 2.26. The molecule has 0 aromatic heterocycles. The van der Waals surface area contributed by atoms with Crippen LogP contribution in [0.1, 0.15) is 36.7 Å². The number of hydrazone groups is 1. The van der Waals surface area contributed by atoms with Gasteiger partial charge in [-0.1, -0.05) is 25.4 Å². The molecule has 2 rings (SSSR count). The van der Waals surface area contributed by atoms with Crippen molar-refractivity contribution >= 4 is 29.6 Å². The van der Waals surface area contributed by atoms with E-state index in [4.69, 9.17) is 16.3 Å². The number of nitrogens with one attached hydrogen (secondary N) is 2. The van der Waals surface area contributed by atoms with Crippen LogP contribution in [0.4, 0.5) is 0 Å². The van der Waals surface area contributed by atoms with E-state index in [1.165, 1.54) is 12.3 Å². The maximum Gasteiger partial charge on any atom is 0.262 e. The van der Waals surface area contributed by atoms with Crippen LogP contribution in [-0.2, 0) is 4.79 Å². The van der Waals surface area contributed by atoms with Gasteiger partial charge in [-0.05, 0) is 60.9 Å². The largest absolute Gasteiger partial charge is 0.504 e. The summed E-state index contributed by atoms with van der Waals surface area (Å²) in [5.74, 6) is -0.614. The maximum atomic E-state index is 12.5. The third-order valence-electron chi connectivity index (χ3n) is 4.01. The Hall–Kier alpha value is -3.06. The summed E-state index contributed by atoms with van der Waals surface area (Å²) in [4.78, 5) is 24.9. The number of phenols is 1. The SMILES string of the molecule is CCOc1cc(C=NNC(=O)C(NC(=O)c2ccc(Cl)cc2)C(C)C)ccc1O. The topological polar surface area (TPSA) is 100 Å². The van der Waals surface area contributed by atoms with Crippen molar-refractivity contribution in [3.63, 3.8) is 0 Å². The lowest BCUT2D eigenvalue weighted by Crippen LogP contribution is -2.48. The highest BCUT2D eigenvalue weighted by Gasteiger charge is 2.24. The number of halogens is 1. The minimum atomic E-state index is -0.769. The first-order valence-corrected chi connectivity index (χ1v) is 9.54. The van der Waals surface area contributed by atoms with Crippen LogP contribution in [0.5, 0.6) is 11.5 Å². The van der Waals surface area contributed by atoms with Gasteiger partial charge in [0, 0.05) is 10.6 Å². The average Bonchev–Trinajstić information content (AvgIpc) is 2.68. The van der Waals surface area contributed by atoms with E-state index in [0.717, 1.165) is 0 Å². The van der Waals surface area contributed by atoms with Gasteiger partial charge in [-0.15, -0.1) is 0 Å². The lowest BCUT2D eigenvalue weighted by molar-refractivity contribution is -0.123. The molecule has 0 bridgehead atoms. The Balaban J connectivity index is 2.02. The molecule has 1 unspecified atom stereocenters. The number of hydrogen-bond acceptors (Lipinski definition) is 5. The molecule has 0 spiro atoms. The molecule has 0 aliphatic heterocycles. The fraction of sp³-hybridized carbons (Fsp3) is 0.286. The number of carbonyl (C=O) groups is 2. The van der Waals surface area contributed by atoms with Crippen molar-refractivity contribution in [3.05, 3.63) is 58.6 Å². The summed E-state index contributed by atoms with van der Waals surface area (Å²) in [6.45, 7) is 5.87. The number of amides is 2. The summed E-state index contributed by atoms with van der Waals surface area (Å²) >= 11 is 5.83. The molecule has 8 heteroatoms. The summed E-state index contributed by atoms with van der Waals surface area (Å²) in [6.07, 6.45) is 1.43. The molecule has 0 saturated carbocycles. The fourth-order valence-electron chi connectivity index (χ4n) is 2.48. The highest BCUT2D eigenvalue weighted by molar-refractivity contribution is 6.30. The molecule has 2 aromatic carbocycles. The normalized spacial score (nSPS) is 12.0. The molecule has 154 valence electrons. The first-order valence-electron chi connectivity index (χ1n) is 9.17. The van der Waals surface area contributed by atoms with E-state index in [0.29, 0.717) is 28.5 Å². The van der Waals surface area contributed by atoms with E-state index in [1.807, 2.05) is 20.8 Å². The zero-order valence-corrected chi connectivity index (χ0v) is 17.2. The zero-order chi connectivity index (χ0) is 21.4. The molecule has 0 fully saturated rings. The van der Waals surface area contributed by atoms with Gasteiger partial charge < -0.3 is 15.2 Å². The van der Waals surface area contributed by atoms with Crippen LogP contribution in [0.15, 0.2) is 47.6 Å². The molecule has 2 amide bonds. The maximum absolute atomic E-state index is 12.5. The van der Waals surface area contributed by atoms with Crippen LogP contribution in [-0.4, -0.2) is 35.8 Å².